The van der Waals surface area contributed by atoms with Crippen LogP contribution in [0.15, 0.2) is 59.2 Å². The van der Waals surface area contributed by atoms with Crippen molar-refractivity contribution in [2.75, 3.05) is 20.1 Å². The highest BCUT2D eigenvalue weighted by Crippen LogP contribution is 2.29. The Labute approximate surface area is 181 Å². The summed E-state index contributed by atoms with van der Waals surface area (Å²) in [5, 5.41) is 4.68. The number of fused-ring (bicyclic) bond motifs is 2. The van der Waals surface area contributed by atoms with E-state index in [4.69, 9.17) is 0 Å². The van der Waals surface area contributed by atoms with E-state index >= 15 is 0 Å². The molecule has 1 fully saturated rings. The van der Waals surface area contributed by atoms with E-state index < -0.39 is 0 Å². The third-order valence-electron chi connectivity index (χ3n) is 6.14. The van der Waals surface area contributed by atoms with Crippen molar-refractivity contribution in [2.45, 2.75) is 26.7 Å². The second kappa shape index (κ2) is 7.74. The summed E-state index contributed by atoms with van der Waals surface area (Å²) in [7, 11) is 2.15. The van der Waals surface area contributed by atoms with Crippen molar-refractivity contribution < 1.29 is 4.79 Å². The van der Waals surface area contributed by atoms with Gasteiger partial charge in [-0.25, -0.2) is 4.52 Å². The molecule has 0 bridgehead atoms. The Balaban J connectivity index is 1.48. The molecule has 3 aliphatic heterocycles. The number of hydrogen-bond donors (Lipinski definition) is 0. The fraction of sp³-hybridized carbons (Fsp3) is 0.333. The lowest BCUT2D eigenvalue weighted by molar-refractivity contribution is -0.121. The molecule has 0 radical (unpaired) electrons. The molecule has 158 valence electrons. The molecule has 0 aromatic carbocycles. The Morgan fingerprint density at radius 2 is 1.97 bits per heavy atom. The van der Waals surface area contributed by atoms with Gasteiger partial charge in [0.05, 0.1) is 46.4 Å². The van der Waals surface area contributed by atoms with Gasteiger partial charge >= 0.3 is 0 Å². The maximum atomic E-state index is 13.2. The van der Waals surface area contributed by atoms with Crippen LogP contribution in [0.5, 0.6) is 0 Å². The van der Waals surface area contributed by atoms with Gasteiger partial charge in [-0.15, -0.1) is 0 Å². The third kappa shape index (κ3) is 3.77. The molecule has 31 heavy (non-hydrogen) atoms. The molecule has 5 heterocycles. The number of carbonyl (C=O) groups is 1. The molecule has 0 atom stereocenters. The smallest absolute Gasteiger partial charge is 0.255 e. The van der Waals surface area contributed by atoms with E-state index in [1.54, 1.807) is 17.2 Å². The first kappa shape index (κ1) is 19.6. The number of nitrogens with zero attached hydrogens (tertiary/aromatic N) is 6. The zero-order valence-electron chi connectivity index (χ0n) is 18.1. The van der Waals surface area contributed by atoms with Gasteiger partial charge in [0, 0.05) is 23.8 Å². The molecular formula is C24H26N6O. The van der Waals surface area contributed by atoms with Gasteiger partial charge < -0.3 is 4.90 Å². The van der Waals surface area contributed by atoms with Crippen molar-refractivity contribution in [3.63, 3.8) is 0 Å². The lowest BCUT2D eigenvalue weighted by Crippen LogP contribution is -2.33. The predicted octanol–water partition coefficient (Wildman–Crippen LogP) is 3.28. The first-order chi connectivity index (χ1) is 15.0. The largest absolute Gasteiger partial charge is 0.306 e. The number of carbonyl (C=O) groups excluding carboxylic acids is 1. The average molecular weight is 415 g/mol. The van der Waals surface area contributed by atoms with Crippen molar-refractivity contribution in [3.8, 4) is 0 Å². The number of piperidine rings is 1. The number of amides is 1. The van der Waals surface area contributed by atoms with Crippen LogP contribution in [-0.2, 0) is 4.79 Å². The Bertz CT molecular complexity index is 1200. The summed E-state index contributed by atoms with van der Waals surface area (Å²) in [6.07, 6.45) is 15.2. The topological polar surface area (TPSA) is 66.1 Å². The molecule has 7 nitrogen and oxygen atoms in total. The van der Waals surface area contributed by atoms with Crippen molar-refractivity contribution >= 4 is 23.2 Å². The van der Waals surface area contributed by atoms with Gasteiger partial charge in [0.15, 0.2) is 0 Å². The summed E-state index contributed by atoms with van der Waals surface area (Å²) in [6.45, 7) is 6.04. The summed E-state index contributed by atoms with van der Waals surface area (Å²) in [4.78, 5) is 26.4. The quantitative estimate of drug-likeness (QED) is 0.757. The number of aromatic nitrogens is 3. The molecule has 7 heteroatoms. The Morgan fingerprint density at radius 1 is 1.16 bits per heavy atom. The highest BCUT2D eigenvalue weighted by atomic mass is 16.2. The van der Waals surface area contributed by atoms with Crippen LogP contribution in [0, 0.1) is 19.8 Å². The number of hydrogen-bond acceptors (Lipinski definition) is 5. The zero-order valence-corrected chi connectivity index (χ0v) is 18.1. The van der Waals surface area contributed by atoms with Crippen LogP contribution >= 0.6 is 0 Å². The van der Waals surface area contributed by atoms with Crippen molar-refractivity contribution in [2.24, 2.45) is 10.9 Å². The molecule has 5 rings (SSSR count). The fourth-order valence-electron chi connectivity index (χ4n) is 4.36. The van der Waals surface area contributed by atoms with Crippen LogP contribution in [0.2, 0.25) is 0 Å². The van der Waals surface area contributed by atoms with E-state index in [2.05, 4.69) is 27.0 Å². The molecular weight excluding hydrogens is 388 g/mol. The van der Waals surface area contributed by atoms with E-state index in [-0.39, 0.29) is 5.91 Å². The van der Waals surface area contributed by atoms with Gasteiger partial charge in [-0.05, 0) is 59.0 Å². The van der Waals surface area contributed by atoms with E-state index in [0.29, 0.717) is 5.92 Å². The van der Waals surface area contributed by atoms with Crippen LogP contribution < -0.4 is 0 Å². The minimum atomic E-state index is -0.0924. The second-order valence-electron chi connectivity index (χ2n) is 8.48. The van der Waals surface area contributed by atoms with Gasteiger partial charge in [-0.1, -0.05) is 12.2 Å². The number of rotatable bonds is 2. The highest BCUT2D eigenvalue weighted by Gasteiger charge is 2.26. The molecule has 2 aromatic rings. The predicted molar refractivity (Wildman–Crippen MR) is 121 cm³/mol. The first-order valence-corrected chi connectivity index (χ1v) is 10.7. The second-order valence-corrected chi connectivity index (χ2v) is 8.48. The lowest BCUT2D eigenvalue weighted by atomic mass is 9.93. The van der Waals surface area contributed by atoms with Gasteiger partial charge in [-0.3, -0.25) is 19.7 Å². The van der Waals surface area contributed by atoms with Gasteiger partial charge in [0.2, 0.25) is 0 Å². The van der Waals surface area contributed by atoms with E-state index in [9.17, 15) is 4.79 Å². The summed E-state index contributed by atoms with van der Waals surface area (Å²) in [5.41, 5.74) is 6.06. The molecule has 2 aromatic heterocycles. The number of aryl methyl sites for hydroxylation is 2. The Kier molecular flexibility index (Phi) is 4.90. The number of aliphatic imine (C=N–C) groups is 1. The molecule has 1 amide bonds. The highest BCUT2D eigenvalue weighted by molar-refractivity contribution is 6.02. The Morgan fingerprint density at radius 3 is 2.77 bits per heavy atom. The van der Waals surface area contributed by atoms with E-state index in [0.717, 1.165) is 65.5 Å². The molecule has 3 aliphatic rings. The number of likely N-dealkylation sites (tertiary alicyclic amines) is 1. The molecule has 1 saturated heterocycles. The minimum absolute atomic E-state index is 0.0924. The van der Waals surface area contributed by atoms with Crippen LogP contribution in [0.3, 0.4) is 0 Å². The van der Waals surface area contributed by atoms with Gasteiger partial charge in [-0.2, -0.15) is 5.10 Å². The summed E-state index contributed by atoms with van der Waals surface area (Å²) >= 11 is 0. The summed E-state index contributed by atoms with van der Waals surface area (Å²) < 4.78 is 1.83. The van der Waals surface area contributed by atoms with Crippen LogP contribution in [-0.4, -0.2) is 56.7 Å². The SMILES string of the molecule is Cc1cn2nc(C3=C\C(=O)N4C=C(C5CCN(C)CC5)N=C\C4=C/C=C/3)cc2c(C)n1. The molecule has 0 unspecified atom stereocenters. The third-order valence-corrected chi connectivity index (χ3v) is 6.14. The van der Waals surface area contributed by atoms with Crippen molar-refractivity contribution in [1.82, 2.24) is 24.4 Å². The van der Waals surface area contributed by atoms with Gasteiger partial charge in [0.25, 0.3) is 5.91 Å². The average Bonchev–Trinajstić information content (AvgIpc) is 3.16. The van der Waals surface area contributed by atoms with Crippen molar-refractivity contribution in [3.05, 3.63) is 71.2 Å². The maximum absolute atomic E-state index is 13.2. The van der Waals surface area contributed by atoms with Gasteiger partial charge in [0.1, 0.15) is 0 Å². The maximum Gasteiger partial charge on any atom is 0.255 e. The minimum Gasteiger partial charge on any atom is -0.306 e. The number of allylic oxidation sites excluding steroid dienone is 6. The molecule has 0 spiro atoms. The van der Waals surface area contributed by atoms with Crippen LogP contribution in [0.25, 0.3) is 11.1 Å². The molecule has 0 N–H and O–H groups in total. The van der Waals surface area contributed by atoms with Crippen molar-refractivity contribution in [1.29, 1.82) is 0 Å². The summed E-state index contributed by atoms with van der Waals surface area (Å²) in [5.74, 6) is 0.300. The Hall–Kier alpha value is -3.32. The lowest BCUT2D eigenvalue weighted by Gasteiger charge is -2.31. The van der Waals surface area contributed by atoms with E-state index in [1.165, 1.54) is 0 Å². The summed E-state index contributed by atoms with van der Waals surface area (Å²) in [6, 6.07) is 1.98. The molecule has 0 aliphatic carbocycles. The monoisotopic (exact) mass is 414 g/mol. The van der Waals surface area contributed by atoms with Crippen LogP contribution in [0.1, 0.15) is 29.9 Å². The fourth-order valence-corrected chi connectivity index (χ4v) is 4.36. The van der Waals surface area contributed by atoms with E-state index in [1.807, 2.05) is 55.1 Å². The zero-order chi connectivity index (χ0) is 21.5. The standard InChI is InChI=1S/C24H26N6O/c1-16-14-30-23(17(2)26-16)12-21(27-30)19-5-4-6-20-13-25-22(15-29(20)24(31)11-19)18-7-9-28(3)10-8-18/h4-6,11-15,18H,7-10H2,1-3H3/b5-4+,19-11+,20-6+. The normalized spacial score (nSPS) is 24.7. The van der Waals surface area contributed by atoms with Crippen LogP contribution in [0.4, 0.5) is 0 Å². The first-order valence-electron chi connectivity index (χ1n) is 10.7. The molecule has 0 saturated carbocycles.